The molecule has 1 heterocycles. The van der Waals surface area contributed by atoms with Crippen molar-refractivity contribution in [2.24, 2.45) is 15.8 Å². The summed E-state index contributed by atoms with van der Waals surface area (Å²) >= 11 is -0.929. The van der Waals surface area contributed by atoms with Gasteiger partial charge < -0.3 is 0 Å². The Hall–Kier alpha value is -0.630. The van der Waals surface area contributed by atoms with Gasteiger partial charge in [-0.05, 0) is 0 Å². The molecule has 0 saturated carbocycles. The SMILES string of the molecule is N[I-]C[C@@H](C[C@@H]1CCNC1=O)C(=O)COC(C(F)(F)F)C(F)(F)F. The van der Waals surface area contributed by atoms with E-state index in [1.54, 1.807) is 0 Å². The Kier molecular flexibility index (Phi) is 7.72. The van der Waals surface area contributed by atoms with Gasteiger partial charge in [0.1, 0.15) is 0 Å². The molecule has 24 heavy (non-hydrogen) atoms. The molecule has 1 aliphatic rings. The Bertz CT molecular complexity index is 443. The fraction of sp³-hybridized carbons (Fsp3) is 0.833. The van der Waals surface area contributed by atoms with Crippen LogP contribution in [0.4, 0.5) is 26.3 Å². The Labute approximate surface area is 144 Å². The molecular weight excluding hydrogens is 461 g/mol. The second-order valence-corrected chi connectivity index (χ2v) is 7.02. The topological polar surface area (TPSA) is 81.4 Å². The summed E-state index contributed by atoms with van der Waals surface area (Å²) in [6.07, 6.45) is -14.8. The van der Waals surface area contributed by atoms with Gasteiger partial charge in [0.25, 0.3) is 0 Å². The van der Waals surface area contributed by atoms with Crippen LogP contribution in [0.1, 0.15) is 12.8 Å². The number of hydrogen-bond acceptors (Lipinski definition) is 4. The van der Waals surface area contributed by atoms with E-state index in [0.717, 1.165) is 0 Å². The number of carbonyl (C=O) groups excluding carboxylic acids is 2. The van der Waals surface area contributed by atoms with Gasteiger partial charge in [0.15, 0.2) is 0 Å². The number of halogens is 7. The number of alkyl halides is 7. The number of amides is 1. The van der Waals surface area contributed by atoms with Gasteiger partial charge >= 0.3 is 144 Å². The van der Waals surface area contributed by atoms with Crippen LogP contribution in [0.15, 0.2) is 0 Å². The maximum absolute atomic E-state index is 12.4. The van der Waals surface area contributed by atoms with E-state index in [-0.39, 0.29) is 16.8 Å². The number of Topliss-reactive ketones (excluding diaryl/α,β-unsaturated/α-hetero) is 1. The predicted octanol–water partition coefficient (Wildman–Crippen LogP) is -1.83. The number of nitrogens with one attached hydrogen (secondary N) is 1. The van der Waals surface area contributed by atoms with Gasteiger partial charge in [-0.15, -0.1) is 0 Å². The van der Waals surface area contributed by atoms with Crippen molar-refractivity contribution in [3.63, 3.8) is 0 Å². The van der Waals surface area contributed by atoms with Crippen molar-refractivity contribution >= 4 is 11.7 Å². The molecule has 142 valence electrons. The zero-order valence-electron chi connectivity index (χ0n) is 12.2. The van der Waals surface area contributed by atoms with Crippen molar-refractivity contribution in [3.8, 4) is 0 Å². The van der Waals surface area contributed by atoms with E-state index in [1.807, 2.05) is 0 Å². The fourth-order valence-electron chi connectivity index (χ4n) is 2.26. The number of rotatable bonds is 8. The van der Waals surface area contributed by atoms with Crippen LogP contribution in [0.2, 0.25) is 0 Å². The summed E-state index contributed by atoms with van der Waals surface area (Å²) in [6, 6.07) is 0. The maximum atomic E-state index is 12.4. The van der Waals surface area contributed by atoms with Gasteiger partial charge in [-0.1, -0.05) is 0 Å². The van der Waals surface area contributed by atoms with Crippen LogP contribution in [0.3, 0.4) is 0 Å². The third-order valence-corrected chi connectivity index (χ3v) is 5.02. The van der Waals surface area contributed by atoms with Crippen LogP contribution >= 0.6 is 0 Å². The first-order valence-electron chi connectivity index (χ1n) is 6.80. The monoisotopic (exact) mass is 477 g/mol. The average Bonchev–Trinajstić information content (AvgIpc) is 2.80. The molecule has 0 aromatic carbocycles. The van der Waals surface area contributed by atoms with Crippen LogP contribution in [-0.4, -0.2) is 47.7 Å². The number of ketones is 1. The van der Waals surface area contributed by atoms with Crippen LogP contribution in [0, 0.1) is 11.8 Å². The van der Waals surface area contributed by atoms with E-state index in [2.05, 4.69) is 10.1 Å². The van der Waals surface area contributed by atoms with Crippen LogP contribution in [-0.2, 0) is 14.3 Å². The molecule has 1 rings (SSSR count). The Morgan fingerprint density at radius 3 is 2.29 bits per heavy atom. The molecule has 0 aliphatic carbocycles. The van der Waals surface area contributed by atoms with Crippen LogP contribution in [0.5, 0.6) is 0 Å². The van der Waals surface area contributed by atoms with Gasteiger partial charge in [-0.3, -0.25) is 0 Å². The molecule has 2 atom stereocenters. The normalized spacial score (nSPS) is 20.5. The Morgan fingerprint density at radius 2 is 1.88 bits per heavy atom. The Balaban J connectivity index is 2.68. The van der Waals surface area contributed by atoms with E-state index in [1.165, 1.54) is 0 Å². The van der Waals surface area contributed by atoms with Gasteiger partial charge in [0.2, 0.25) is 0 Å². The van der Waals surface area contributed by atoms with Gasteiger partial charge in [-0.25, -0.2) is 0 Å². The second kappa shape index (κ2) is 8.65. The van der Waals surface area contributed by atoms with Gasteiger partial charge in [-0.2, -0.15) is 0 Å². The van der Waals surface area contributed by atoms with E-state index in [9.17, 15) is 35.9 Å². The van der Waals surface area contributed by atoms with E-state index in [4.69, 9.17) is 3.95 Å². The fourth-order valence-corrected chi connectivity index (χ4v) is 3.72. The number of nitrogens with two attached hydrogens (primary N) is 1. The van der Waals surface area contributed by atoms with Crippen LogP contribution in [0.25, 0.3) is 0 Å². The van der Waals surface area contributed by atoms with Gasteiger partial charge in [0, 0.05) is 0 Å². The average molecular weight is 477 g/mol. The molecule has 1 amide bonds. The van der Waals surface area contributed by atoms with Crippen molar-refractivity contribution in [1.82, 2.24) is 5.32 Å². The summed E-state index contributed by atoms with van der Waals surface area (Å²) in [6.45, 7) is -0.907. The van der Waals surface area contributed by atoms with Crippen molar-refractivity contribution in [1.29, 1.82) is 0 Å². The molecular formula is C12H16F6IN2O3-. The first-order chi connectivity index (χ1) is 11.0. The van der Waals surface area contributed by atoms with E-state index in [0.29, 0.717) is 13.0 Å². The zero-order chi connectivity index (χ0) is 18.5. The number of ether oxygens (including phenoxy) is 1. The summed E-state index contributed by atoms with van der Waals surface area (Å²) in [5.41, 5.74) is 0. The third kappa shape index (κ3) is 6.35. The summed E-state index contributed by atoms with van der Waals surface area (Å²) < 4.78 is 83.6. The summed E-state index contributed by atoms with van der Waals surface area (Å²) in [5, 5.41) is 2.54. The first-order valence-corrected chi connectivity index (χ1v) is 9.57. The molecule has 5 nitrogen and oxygen atoms in total. The Morgan fingerprint density at radius 1 is 1.29 bits per heavy atom. The molecule has 0 bridgehead atoms. The second-order valence-electron chi connectivity index (χ2n) is 5.26. The molecule has 0 spiro atoms. The standard InChI is InChI=1S/C12H16F6IN2O3/c13-11(14,15)10(12(16,17)18)24-5-8(22)7(4-19-20)3-6-1-2-21-9(6)23/h6-7,10H,1-5,20H2,(H,21,23)/q-1/t6-,7+/m0/s1. The molecule has 3 N–H and O–H groups in total. The van der Waals surface area contributed by atoms with Crippen molar-refractivity contribution in [2.75, 3.05) is 17.6 Å². The minimum atomic E-state index is -5.67. The van der Waals surface area contributed by atoms with Crippen LogP contribution < -0.4 is 30.7 Å². The van der Waals surface area contributed by atoms with E-state index >= 15 is 0 Å². The quantitative estimate of drug-likeness (QED) is 0.187. The summed E-state index contributed by atoms with van der Waals surface area (Å²) in [4.78, 5) is 23.4. The van der Waals surface area contributed by atoms with Crippen molar-refractivity contribution < 1.29 is 62.1 Å². The van der Waals surface area contributed by atoms with E-state index < -0.39 is 64.2 Å². The van der Waals surface area contributed by atoms with Crippen molar-refractivity contribution in [3.05, 3.63) is 0 Å². The molecule has 1 aliphatic heterocycles. The molecule has 1 saturated heterocycles. The minimum absolute atomic E-state index is 0.0493. The molecule has 0 unspecified atom stereocenters. The molecule has 1 fully saturated rings. The van der Waals surface area contributed by atoms with Gasteiger partial charge in [0.05, 0.1) is 0 Å². The zero-order valence-corrected chi connectivity index (χ0v) is 14.4. The molecule has 0 aromatic heterocycles. The molecule has 12 heteroatoms. The summed E-state index contributed by atoms with van der Waals surface area (Å²) in [5.74, 6) is -2.56. The number of carbonyl (C=O) groups is 2. The first kappa shape index (κ1) is 21.4. The molecule has 0 aromatic rings. The summed E-state index contributed by atoms with van der Waals surface area (Å²) in [7, 11) is 0. The molecule has 0 radical (unpaired) electrons. The number of hydrogen-bond donors (Lipinski definition) is 2. The predicted molar refractivity (Wildman–Crippen MR) is 65.1 cm³/mol. The third-order valence-electron chi connectivity index (χ3n) is 3.45. The van der Waals surface area contributed by atoms with Crippen molar-refractivity contribution in [2.45, 2.75) is 31.3 Å².